The fourth-order valence-corrected chi connectivity index (χ4v) is 2.91. The van der Waals surface area contributed by atoms with Crippen LogP contribution in [0.15, 0.2) is 50.1 Å². The number of ether oxygens (including phenoxy) is 1. The Balaban J connectivity index is 2.00. The van der Waals surface area contributed by atoms with Crippen LogP contribution in [0, 0.1) is 6.92 Å². The van der Waals surface area contributed by atoms with Crippen LogP contribution >= 0.6 is 27.5 Å². The van der Waals surface area contributed by atoms with Crippen LogP contribution < -0.4 is 10.4 Å². The van der Waals surface area contributed by atoms with Gasteiger partial charge in [0, 0.05) is 26.5 Å². The molecule has 3 aromatic rings. The molecule has 2 aromatic carbocycles. The Morgan fingerprint density at radius 3 is 2.79 bits per heavy atom. The third-order valence-electron chi connectivity index (χ3n) is 3.59. The highest BCUT2D eigenvalue weighted by Gasteiger charge is 2.10. The van der Waals surface area contributed by atoms with Crippen LogP contribution in [0.4, 0.5) is 0 Å². The molecule has 0 N–H and O–H groups in total. The largest absolute Gasteiger partial charge is 0.488 e. The molecule has 0 fully saturated rings. The van der Waals surface area contributed by atoms with E-state index in [2.05, 4.69) is 15.9 Å². The number of hydrogen-bond donors (Lipinski definition) is 0. The molecule has 0 spiro atoms. The van der Waals surface area contributed by atoms with Crippen molar-refractivity contribution >= 4 is 44.8 Å². The molecule has 0 saturated heterocycles. The molecule has 24 heavy (non-hydrogen) atoms. The summed E-state index contributed by atoms with van der Waals surface area (Å²) >= 11 is 9.48. The Bertz CT molecular complexity index is 994. The van der Waals surface area contributed by atoms with E-state index in [-0.39, 0.29) is 6.61 Å². The maximum atomic E-state index is 11.8. The van der Waals surface area contributed by atoms with Crippen LogP contribution in [-0.2, 0) is 6.61 Å². The highest BCUT2D eigenvalue weighted by molar-refractivity contribution is 9.10. The van der Waals surface area contributed by atoms with Crippen molar-refractivity contribution in [3.63, 3.8) is 0 Å². The lowest BCUT2D eigenvalue weighted by Gasteiger charge is -2.11. The lowest BCUT2D eigenvalue weighted by molar-refractivity contribution is 0.111. The molecule has 0 radical (unpaired) electrons. The van der Waals surface area contributed by atoms with Gasteiger partial charge < -0.3 is 9.15 Å². The average molecular weight is 408 g/mol. The highest BCUT2D eigenvalue weighted by atomic mass is 79.9. The van der Waals surface area contributed by atoms with E-state index in [1.807, 2.05) is 6.92 Å². The van der Waals surface area contributed by atoms with Crippen LogP contribution in [0.5, 0.6) is 5.75 Å². The SMILES string of the molecule is Cc1cc2oc(=O)cc(COc3ccc(Br)cc3C=O)c2cc1Cl. The lowest BCUT2D eigenvalue weighted by atomic mass is 10.1. The molecule has 0 unspecified atom stereocenters. The standard InChI is InChI=1S/C18H12BrClO4/c1-10-4-17-14(7-15(10)20)12(6-18(22)24-17)9-23-16-3-2-13(19)5-11(16)8-21/h2-8H,9H2,1H3. The number of carbonyl (C=O) groups is 1. The summed E-state index contributed by atoms with van der Waals surface area (Å²) in [5, 5.41) is 1.28. The molecule has 0 saturated carbocycles. The molecular formula is C18H12BrClO4. The van der Waals surface area contributed by atoms with Crippen molar-refractivity contribution in [2.45, 2.75) is 13.5 Å². The first-order valence-corrected chi connectivity index (χ1v) is 8.25. The van der Waals surface area contributed by atoms with Crippen molar-refractivity contribution in [3.8, 4) is 5.75 Å². The Morgan fingerprint density at radius 1 is 1.25 bits per heavy atom. The summed E-state index contributed by atoms with van der Waals surface area (Å²) in [6, 6.07) is 9.97. The average Bonchev–Trinajstić information content (AvgIpc) is 2.55. The first-order valence-electron chi connectivity index (χ1n) is 7.08. The van der Waals surface area contributed by atoms with Crippen molar-refractivity contribution in [2.75, 3.05) is 0 Å². The van der Waals surface area contributed by atoms with Crippen LogP contribution in [0.3, 0.4) is 0 Å². The van der Waals surface area contributed by atoms with Gasteiger partial charge in [0.2, 0.25) is 0 Å². The van der Waals surface area contributed by atoms with E-state index in [9.17, 15) is 9.59 Å². The second kappa shape index (κ2) is 6.79. The van der Waals surface area contributed by atoms with Gasteiger partial charge in [-0.2, -0.15) is 0 Å². The zero-order valence-electron chi connectivity index (χ0n) is 12.6. The van der Waals surface area contributed by atoms with Gasteiger partial charge in [0.25, 0.3) is 0 Å². The van der Waals surface area contributed by atoms with Crippen LogP contribution in [0.1, 0.15) is 21.5 Å². The number of carbonyl (C=O) groups excluding carboxylic acids is 1. The molecule has 4 nitrogen and oxygen atoms in total. The first-order chi connectivity index (χ1) is 11.5. The van der Waals surface area contributed by atoms with Gasteiger partial charge in [-0.25, -0.2) is 4.79 Å². The summed E-state index contributed by atoms with van der Waals surface area (Å²) in [7, 11) is 0. The maximum Gasteiger partial charge on any atom is 0.336 e. The van der Waals surface area contributed by atoms with Crippen molar-refractivity contribution in [3.05, 3.63) is 73.0 Å². The van der Waals surface area contributed by atoms with Gasteiger partial charge in [-0.1, -0.05) is 27.5 Å². The molecule has 1 aromatic heterocycles. The number of hydrogen-bond acceptors (Lipinski definition) is 4. The number of aryl methyl sites for hydroxylation is 1. The van der Waals surface area contributed by atoms with Gasteiger partial charge >= 0.3 is 5.63 Å². The monoisotopic (exact) mass is 406 g/mol. The van der Waals surface area contributed by atoms with E-state index in [1.54, 1.807) is 30.3 Å². The quantitative estimate of drug-likeness (QED) is 0.455. The highest BCUT2D eigenvalue weighted by Crippen LogP contribution is 2.27. The molecular weight excluding hydrogens is 396 g/mol. The van der Waals surface area contributed by atoms with Gasteiger partial charge in [-0.15, -0.1) is 0 Å². The topological polar surface area (TPSA) is 56.5 Å². The number of halogens is 2. The van der Waals surface area contributed by atoms with E-state index in [0.717, 1.165) is 16.3 Å². The molecule has 0 aliphatic heterocycles. The Morgan fingerprint density at radius 2 is 2.04 bits per heavy atom. The third kappa shape index (κ3) is 3.37. The minimum absolute atomic E-state index is 0.115. The second-order valence-corrected chi connectivity index (χ2v) is 6.60. The zero-order chi connectivity index (χ0) is 17.3. The van der Waals surface area contributed by atoms with E-state index < -0.39 is 5.63 Å². The Hall–Kier alpha value is -2.11. The third-order valence-corrected chi connectivity index (χ3v) is 4.49. The number of fused-ring (bicyclic) bond motifs is 1. The van der Waals surface area contributed by atoms with Crippen molar-refractivity contribution in [1.29, 1.82) is 0 Å². The van der Waals surface area contributed by atoms with Crippen LogP contribution in [-0.4, -0.2) is 6.29 Å². The Kier molecular flexibility index (Phi) is 4.73. The molecule has 0 aliphatic rings. The first kappa shape index (κ1) is 16.7. The summed E-state index contributed by atoms with van der Waals surface area (Å²) in [4.78, 5) is 22.9. The van der Waals surface area contributed by atoms with Gasteiger partial charge in [0.15, 0.2) is 6.29 Å². The van der Waals surface area contributed by atoms with E-state index in [0.29, 0.717) is 32.9 Å². The molecule has 0 aliphatic carbocycles. The summed E-state index contributed by atoms with van der Waals surface area (Å²) in [5.74, 6) is 0.438. The number of aldehydes is 1. The van der Waals surface area contributed by atoms with Crippen molar-refractivity contribution in [1.82, 2.24) is 0 Å². The van der Waals surface area contributed by atoms with Crippen LogP contribution in [0.2, 0.25) is 5.02 Å². The van der Waals surface area contributed by atoms with Gasteiger partial charge in [0.1, 0.15) is 17.9 Å². The fourth-order valence-electron chi connectivity index (χ4n) is 2.37. The van der Waals surface area contributed by atoms with Gasteiger partial charge in [0.05, 0.1) is 5.56 Å². The summed E-state index contributed by atoms with van der Waals surface area (Å²) < 4.78 is 11.7. The molecule has 0 atom stereocenters. The molecule has 122 valence electrons. The summed E-state index contributed by atoms with van der Waals surface area (Å²) in [6.45, 7) is 1.95. The lowest BCUT2D eigenvalue weighted by Crippen LogP contribution is -2.05. The van der Waals surface area contributed by atoms with Gasteiger partial charge in [-0.3, -0.25) is 4.79 Å². The molecule has 1 heterocycles. The fraction of sp³-hybridized carbons (Fsp3) is 0.111. The van der Waals surface area contributed by atoms with E-state index >= 15 is 0 Å². The normalized spacial score (nSPS) is 10.8. The van der Waals surface area contributed by atoms with E-state index in [4.69, 9.17) is 20.8 Å². The smallest absolute Gasteiger partial charge is 0.336 e. The minimum atomic E-state index is -0.464. The molecule has 0 amide bonds. The summed E-state index contributed by atoms with van der Waals surface area (Å²) in [6.07, 6.45) is 0.720. The van der Waals surface area contributed by atoms with Crippen molar-refractivity contribution < 1.29 is 13.9 Å². The predicted molar refractivity (Wildman–Crippen MR) is 96.1 cm³/mol. The zero-order valence-corrected chi connectivity index (χ0v) is 15.0. The van der Waals surface area contributed by atoms with Crippen molar-refractivity contribution in [2.24, 2.45) is 0 Å². The maximum absolute atomic E-state index is 11.8. The molecule has 6 heteroatoms. The minimum Gasteiger partial charge on any atom is -0.488 e. The van der Waals surface area contributed by atoms with E-state index in [1.165, 1.54) is 6.07 Å². The molecule has 3 rings (SSSR count). The van der Waals surface area contributed by atoms with Gasteiger partial charge in [-0.05, 0) is 42.8 Å². The summed E-state index contributed by atoms with van der Waals surface area (Å²) in [5.41, 5.74) is 1.87. The van der Waals surface area contributed by atoms with Crippen LogP contribution in [0.25, 0.3) is 11.0 Å². The number of benzene rings is 2. The Labute approximate surface area is 151 Å². The number of rotatable bonds is 4. The molecule has 0 bridgehead atoms. The predicted octanol–water partition coefficient (Wildman–Crippen LogP) is 4.91. The second-order valence-electron chi connectivity index (χ2n) is 5.28.